The van der Waals surface area contributed by atoms with Gasteiger partial charge in [-0.2, -0.15) is 20.2 Å². The van der Waals surface area contributed by atoms with E-state index in [-0.39, 0.29) is 45.8 Å². The molecule has 6 N–H and O–H groups in total. The number of rotatable bonds is 12. The zero-order valence-corrected chi connectivity index (χ0v) is 30.0. The summed E-state index contributed by atoms with van der Waals surface area (Å²) in [6.45, 7) is 7.22. The number of carboxylic acids is 1. The lowest BCUT2D eigenvalue weighted by molar-refractivity contribution is -0.385. The molecule has 1 heterocycles. The second kappa shape index (κ2) is 19.6. The summed E-state index contributed by atoms with van der Waals surface area (Å²) in [5, 5.41) is 34.7. The van der Waals surface area contributed by atoms with Crippen molar-refractivity contribution >= 4 is 71.7 Å². The molecule has 0 aliphatic heterocycles. The number of nitrogens with one attached hydrogen (secondary N) is 2. The van der Waals surface area contributed by atoms with E-state index < -0.39 is 35.8 Å². The number of aromatic nitrogens is 3. The SMILES string of the molecule is CCNc1nc(Cl)nc(NC(C)(C)C#N)n1.COC(=O)c1cc(Oc2ccc(Cl)cc2Cl)ccc1[N+](=O)[O-].CP(=O)(O)CCC(N)C(=O)O. The van der Waals surface area contributed by atoms with E-state index in [1.165, 1.54) is 24.9 Å². The van der Waals surface area contributed by atoms with E-state index >= 15 is 0 Å². The highest BCUT2D eigenvalue weighted by Gasteiger charge is 2.22. The number of carbonyl (C=O) groups is 2. The van der Waals surface area contributed by atoms with Crippen molar-refractivity contribution in [2.45, 2.75) is 38.8 Å². The Labute approximate surface area is 296 Å². The second-order valence-corrected chi connectivity index (χ2v) is 14.0. The van der Waals surface area contributed by atoms with Gasteiger partial charge in [0.25, 0.3) is 5.69 Å². The molecule has 2 unspecified atom stereocenters. The molecule has 21 heteroatoms. The molecule has 0 amide bonds. The number of anilines is 2. The molecule has 3 aromatic rings. The van der Waals surface area contributed by atoms with Gasteiger partial charge in [0, 0.05) is 36.5 Å². The standard InChI is InChI=1S/C14H9Cl2NO5.C9H13ClN6.C5H12NO4P/c1-21-14(18)10-7-9(3-4-12(10)17(19)20)22-13-5-2-8(15)6-11(13)16;1-4-12-7-13-6(10)14-8(15-7)16-9(2,3)5-11;1-11(9,10)3-2-4(6)5(7)8/h2-7H,1H3;4H2,1-3H3,(H2,12,13,14,15,16);4H,2-3,6H2,1H3,(H,7,8)(H,9,10). The molecule has 0 aliphatic rings. The van der Waals surface area contributed by atoms with Crippen molar-refractivity contribution in [3.8, 4) is 17.6 Å². The van der Waals surface area contributed by atoms with Gasteiger partial charge in [-0.3, -0.25) is 19.5 Å². The number of hydrogen-bond acceptors (Lipinski definition) is 14. The molecule has 266 valence electrons. The third-order valence-electron chi connectivity index (χ3n) is 5.51. The maximum Gasteiger partial charge on any atom is 0.345 e. The first-order valence-corrected chi connectivity index (χ1v) is 17.3. The van der Waals surface area contributed by atoms with Crippen LogP contribution in [0.25, 0.3) is 0 Å². The van der Waals surface area contributed by atoms with Crippen LogP contribution in [0.3, 0.4) is 0 Å². The van der Waals surface area contributed by atoms with E-state index in [1.807, 2.05) is 6.92 Å². The molecule has 1 aromatic heterocycles. The van der Waals surface area contributed by atoms with Crippen LogP contribution in [0.4, 0.5) is 17.6 Å². The van der Waals surface area contributed by atoms with Gasteiger partial charge in [-0.1, -0.05) is 23.2 Å². The van der Waals surface area contributed by atoms with Crippen LogP contribution in [-0.2, 0) is 14.1 Å². The van der Waals surface area contributed by atoms with E-state index in [1.54, 1.807) is 26.0 Å². The molecule has 3 rings (SSSR count). The Balaban J connectivity index is 0.000000392. The molecule has 2 atom stereocenters. The lowest BCUT2D eigenvalue weighted by Crippen LogP contribution is -2.30. The monoisotopic (exact) mass is 762 g/mol. The van der Waals surface area contributed by atoms with Crippen molar-refractivity contribution in [3.05, 3.63) is 67.4 Å². The summed E-state index contributed by atoms with van der Waals surface area (Å²) >= 11 is 17.5. The van der Waals surface area contributed by atoms with Gasteiger partial charge in [-0.25, -0.2) is 4.79 Å². The van der Waals surface area contributed by atoms with E-state index in [2.05, 4.69) is 36.4 Å². The third-order valence-corrected chi connectivity index (χ3v) is 7.30. The molecule has 2 aromatic carbocycles. The van der Waals surface area contributed by atoms with Crippen molar-refractivity contribution in [3.63, 3.8) is 0 Å². The lowest BCUT2D eigenvalue weighted by atomic mass is 10.1. The largest absolute Gasteiger partial charge is 0.480 e. The van der Waals surface area contributed by atoms with E-state index in [0.717, 1.165) is 13.2 Å². The number of nitro benzene ring substituents is 1. The fraction of sp³-hybridized carbons (Fsp3) is 0.357. The number of nitriles is 1. The van der Waals surface area contributed by atoms with Gasteiger partial charge in [0.05, 0.1) is 23.1 Å². The van der Waals surface area contributed by atoms with Crippen LogP contribution < -0.4 is 21.1 Å². The Hall–Kier alpha value is -4.30. The maximum absolute atomic E-state index is 11.6. The van der Waals surface area contributed by atoms with E-state index in [9.17, 15) is 24.3 Å². The summed E-state index contributed by atoms with van der Waals surface area (Å²) in [4.78, 5) is 52.6. The summed E-state index contributed by atoms with van der Waals surface area (Å²) in [5.74, 6) is -0.801. The van der Waals surface area contributed by atoms with Crippen LogP contribution in [0.15, 0.2) is 36.4 Å². The zero-order chi connectivity index (χ0) is 37.5. The Morgan fingerprint density at radius 2 is 1.80 bits per heavy atom. The predicted molar refractivity (Wildman–Crippen MR) is 184 cm³/mol. The molecule has 17 nitrogen and oxygen atoms in total. The van der Waals surface area contributed by atoms with Crippen molar-refractivity contribution in [2.75, 3.05) is 37.1 Å². The number of nitrogens with two attached hydrogens (primary N) is 1. The summed E-state index contributed by atoms with van der Waals surface area (Å²) in [6, 6.07) is 9.40. The molecule has 0 aliphatic carbocycles. The van der Waals surface area contributed by atoms with Gasteiger partial charge in [-0.05, 0) is 63.1 Å². The number of benzene rings is 2. The number of esters is 1. The first-order valence-electron chi connectivity index (χ1n) is 13.8. The number of nitrogens with zero attached hydrogens (tertiary/aromatic N) is 5. The summed E-state index contributed by atoms with van der Waals surface area (Å²) in [6.07, 6.45) is 0.0000772. The van der Waals surface area contributed by atoms with Crippen molar-refractivity contribution in [2.24, 2.45) is 5.73 Å². The average Bonchev–Trinajstić information content (AvgIpc) is 3.00. The fourth-order valence-corrected chi connectivity index (χ4v) is 4.51. The second-order valence-electron chi connectivity index (χ2n) is 10.3. The molecule has 0 bridgehead atoms. The Morgan fingerprint density at radius 1 is 1.16 bits per heavy atom. The highest BCUT2D eigenvalue weighted by atomic mass is 35.5. The molecular weight excluding hydrogens is 730 g/mol. The minimum atomic E-state index is -3.10. The van der Waals surface area contributed by atoms with Gasteiger partial charge in [0.15, 0.2) is 7.37 Å². The fourth-order valence-electron chi connectivity index (χ4n) is 3.15. The zero-order valence-electron chi connectivity index (χ0n) is 26.8. The number of hydrogen-bond donors (Lipinski definition) is 5. The van der Waals surface area contributed by atoms with E-state index in [4.69, 9.17) is 60.5 Å². The quantitative estimate of drug-likeness (QED) is 0.0627. The normalized spacial score (nSPS) is 12.3. The average molecular weight is 764 g/mol. The number of nitro groups is 1. The Kier molecular flexibility index (Phi) is 17.1. The summed E-state index contributed by atoms with van der Waals surface area (Å²) in [7, 11) is -1.97. The molecule has 0 spiro atoms. The van der Waals surface area contributed by atoms with Crippen LogP contribution in [0.5, 0.6) is 11.5 Å². The topological polar surface area (TPSA) is 266 Å². The van der Waals surface area contributed by atoms with Crippen LogP contribution in [0.1, 0.15) is 37.6 Å². The maximum atomic E-state index is 11.6. The number of aliphatic carboxylic acids is 1. The summed E-state index contributed by atoms with van der Waals surface area (Å²) in [5.41, 5.74) is 3.75. The smallest absolute Gasteiger partial charge is 0.345 e. The Morgan fingerprint density at radius 3 is 2.31 bits per heavy atom. The number of methoxy groups -OCH3 is 1. The van der Waals surface area contributed by atoms with Crippen LogP contribution in [0, 0.1) is 21.4 Å². The minimum absolute atomic E-state index is 0.0412. The Bertz CT molecular complexity index is 1720. The predicted octanol–water partition coefficient (Wildman–Crippen LogP) is 5.84. The van der Waals surface area contributed by atoms with Crippen molar-refractivity contribution in [1.29, 1.82) is 5.26 Å². The number of carbonyl (C=O) groups excluding carboxylic acids is 1. The third kappa shape index (κ3) is 16.1. The molecular formula is C28H34Cl3N8O9P. The minimum Gasteiger partial charge on any atom is -0.480 e. The van der Waals surface area contributed by atoms with Crippen molar-refractivity contribution < 1.29 is 38.6 Å². The first-order chi connectivity index (χ1) is 22.7. The molecule has 0 saturated carbocycles. The van der Waals surface area contributed by atoms with Gasteiger partial charge in [0.1, 0.15) is 28.6 Å². The van der Waals surface area contributed by atoms with Crippen LogP contribution >= 0.6 is 42.2 Å². The highest BCUT2D eigenvalue weighted by molar-refractivity contribution is 7.57. The number of carboxylic acid groups (broad SMARTS) is 1. The van der Waals surface area contributed by atoms with Crippen molar-refractivity contribution in [1.82, 2.24) is 15.0 Å². The highest BCUT2D eigenvalue weighted by Crippen LogP contribution is 2.36. The summed E-state index contributed by atoms with van der Waals surface area (Å²) < 4.78 is 20.7. The van der Waals surface area contributed by atoms with Gasteiger partial charge in [0.2, 0.25) is 17.2 Å². The molecule has 0 saturated heterocycles. The van der Waals surface area contributed by atoms with Gasteiger partial charge >= 0.3 is 11.9 Å². The molecule has 49 heavy (non-hydrogen) atoms. The van der Waals surface area contributed by atoms with Gasteiger partial charge in [-0.15, -0.1) is 0 Å². The molecule has 0 radical (unpaired) electrons. The number of ether oxygens (including phenoxy) is 2. The lowest BCUT2D eigenvalue weighted by Gasteiger charge is -2.17. The first kappa shape index (κ1) is 42.7. The molecule has 0 fully saturated rings. The van der Waals surface area contributed by atoms with Crippen LogP contribution in [-0.4, -0.2) is 79.9 Å². The van der Waals surface area contributed by atoms with E-state index in [0.29, 0.717) is 23.3 Å². The number of halogens is 3. The van der Waals surface area contributed by atoms with Gasteiger partial charge < -0.3 is 35.8 Å². The van der Waals surface area contributed by atoms with Crippen LogP contribution in [0.2, 0.25) is 15.3 Å².